The maximum Gasteiger partial charge on any atom is 0.279 e. The lowest BCUT2D eigenvalue weighted by Crippen LogP contribution is -2.32. The fraction of sp³-hybridized carbons (Fsp3) is 0.217. The molecule has 1 atom stereocenters. The monoisotopic (exact) mass is 440 g/mol. The minimum atomic E-state index is -0.279. The summed E-state index contributed by atoms with van der Waals surface area (Å²) in [5.74, 6) is 0.707. The van der Waals surface area contributed by atoms with E-state index in [2.05, 4.69) is 30.5 Å². The van der Waals surface area contributed by atoms with E-state index in [1.54, 1.807) is 17.3 Å². The molecule has 0 saturated carbocycles. The van der Waals surface area contributed by atoms with E-state index < -0.39 is 0 Å². The van der Waals surface area contributed by atoms with Crippen molar-refractivity contribution in [3.63, 3.8) is 0 Å². The number of carbonyl (C=O) groups is 1. The van der Waals surface area contributed by atoms with Gasteiger partial charge in [-0.05, 0) is 38.0 Å². The molecule has 0 spiro atoms. The van der Waals surface area contributed by atoms with Crippen LogP contribution in [0.15, 0.2) is 59.4 Å². The Bertz CT molecular complexity index is 1450. The molecule has 6 rings (SSSR count). The fourth-order valence-corrected chi connectivity index (χ4v) is 4.36. The van der Waals surface area contributed by atoms with Gasteiger partial charge in [-0.25, -0.2) is 0 Å². The third-order valence-corrected chi connectivity index (χ3v) is 5.94. The number of aromatic nitrogens is 7. The highest BCUT2D eigenvalue weighted by atomic mass is 16.5. The predicted octanol–water partition coefficient (Wildman–Crippen LogP) is 3.48. The quantitative estimate of drug-likeness (QED) is 0.454. The Hall–Kier alpha value is -4.34. The van der Waals surface area contributed by atoms with Gasteiger partial charge in [0, 0.05) is 11.9 Å². The number of aromatic amines is 1. The lowest BCUT2D eigenvalue weighted by molar-refractivity contribution is 0.0728. The van der Waals surface area contributed by atoms with Crippen molar-refractivity contribution in [3.8, 4) is 17.3 Å². The Morgan fingerprint density at radius 1 is 1.15 bits per heavy atom. The van der Waals surface area contributed by atoms with Gasteiger partial charge < -0.3 is 9.42 Å². The van der Waals surface area contributed by atoms with Crippen molar-refractivity contribution in [2.24, 2.45) is 0 Å². The number of hydrogen-bond donors (Lipinski definition) is 1. The highest BCUT2D eigenvalue weighted by Crippen LogP contribution is 2.34. The Labute approximate surface area is 188 Å². The smallest absolute Gasteiger partial charge is 0.279 e. The first-order valence-electron chi connectivity index (χ1n) is 10.7. The van der Waals surface area contributed by atoms with Crippen LogP contribution in [0.1, 0.15) is 40.6 Å². The van der Waals surface area contributed by atoms with E-state index >= 15 is 0 Å². The first-order valence-corrected chi connectivity index (χ1v) is 10.7. The summed E-state index contributed by atoms with van der Waals surface area (Å²) in [7, 11) is 0. The zero-order chi connectivity index (χ0) is 22.4. The summed E-state index contributed by atoms with van der Waals surface area (Å²) in [6.07, 6.45) is 4.79. The normalized spacial score (nSPS) is 16.0. The van der Waals surface area contributed by atoms with Crippen LogP contribution < -0.4 is 0 Å². The van der Waals surface area contributed by atoms with Gasteiger partial charge in [0.25, 0.3) is 11.8 Å². The number of amides is 1. The molecule has 1 N–H and O–H groups in total. The summed E-state index contributed by atoms with van der Waals surface area (Å²) in [4.78, 5) is 21.5. The lowest BCUT2D eigenvalue weighted by atomic mass is 10.1. The summed E-state index contributed by atoms with van der Waals surface area (Å²) in [6.45, 7) is 2.57. The molecule has 1 aliphatic rings. The molecule has 1 fully saturated rings. The van der Waals surface area contributed by atoms with Crippen molar-refractivity contribution in [1.29, 1.82) is 0 Å². The van der Waals surface area contributed by atoms with E-state index in [4.69, 9.17) is 4.52 Å². The van der Waals surface area contributed by atoms with Crippen molar-refractivity contribution >= 4 is 16.8 Å². The number of benzene rings is 2. The van der Waals surface area contributed by atoms with E-state index in [9.17, 15) is 4.79 Å². The van der Waals surface area contributed by atoms with E-state index in [1.165, 1.54) is 4.80 Å². The molecule has 0 unspecified atom stereocenters. The summed E-state index contributed by atoms with van der Waals surface area (Å²) < 4.78 is 5.56. The average Bonchev–Trinajstić information content (AvgIpc) is 3.63. The highest BCUT2D eigenvalue weighted by molar-refractivity contribution is 5.98. The molecule has 164 valence electrons. The average molecular weight is 440 g/mol. The zero-order valence-electron chi connectivity index (χ0n) is 17.8. The summed E-state index contributed by atoms with van der Waals surface area (Å²) in [5.41, 5.74) is 3.66. The molecule has 2 aromatic carbocycles. The lowest BCUT2D eigenvalue weighted by Gasteiger charge is -2.23. The fourth-order valence-electron chi connectivity index (χ4n) is 4.36. The standard InChI is InChI=1S/C23H20N8O2/c1-14-8-9-18(31-24-10-11-25-31)16(13-14)23(32)30-12-4-7-19(30)21-26-22(33-29-21)20-15-5-2-3-6-17(15)27-28-20/h2-3,5-6,8-11,13,19H,4,7,12H2,1H3,(H,27,28)/t19-/m0/s1. The molecule has 10 nitrogen and oxygen atoms in total. The molecule has 0 bridgehead atoms. The topological polar surface area (TPSA) is 119 Å². The van der Waals surface area contributed by atoms with Crippen LogP contribution in [0, 0.1) is 6.92 Å². The second kappa shape index (κ2) is 7.66. The van der Waals surface area contributed by atoms with E-state index in [-0.39, 0.29) is 11.9 Å². The van der Waals surface area contributed by atoms with Crippen LogP contribution in [0.5, 0.6) is 0 Å². The van der Waals surface area contributed by atoms with Gasteiger partial charge in [0.05, 0.1) is 35.2 Å². The molecule has 1 saturated heterocycles. The summed E-state index contributed by atoms with van der Waals surface area (Å²) in [5, 5.41) is 20.8. The molecule has 10 heteroatoms. The number of nitrogens with one attached hydrogen (secondary N) is 1. The largest absolute Gasteiger partial charge is 0.332 e. The van der Waals surface area contributed by atoms with Gasteiger partial charge >= 0.3 is 0 Å². The third-order valence-electron chi connectivity index (χ3n) is 5.94. The van der Waals surface area contributed by atoms with Gasteiger partial charge in [-0.3, -0.25) is 9.89 Å². The van der Waals surface area contributed by atoms with Crippen molar-refractivity contribution < 1.29 is 9.32 Å². The number of para-hydroxylation sites is 1. The third kappa shape index (κ3) is 3.27. The maximum atomic E-state index is 13.7. The van der Waals surface area contributed by atoms with Gasteiger partial charge in [0.15, 0.2) is 11.5 Å². The van der Waals surface area contributed by atoms with E-state index in [0.717, 1.165) is 29.3 Å². The molecule has 3 aromatic heterocycles. The molecule has 5 aromatic rings. The Kier molecular flexibility index (Phi) is 4.49. The van der Waals surface area contributed by atoms with Gasteiger partial charge in [-0.1, -0.05) is 35.0 Å². The van der Waals surface area contributed by atoms with Gasteiger partial charge in [-0.15, -0.1) is 0 Å². The number of carbonyl (C=O) groups excluding carboxylic acids is 1. The molecule has 33 heavy (non-hydrogen) atoms. The maximum absolute atomic E-state index is 13.7. The van der Waals surface area contributed by atoms with Crippen LogP contribution in [0.3, 0.4) is 0 Å². The van der Waals surface area contributed by atoms with Crippen LogP contribution >= 0.6 is 0 Å². The second-order valence-electron chi connectivity index (χ2n) is 8.07. The molecule has 0 radical (unpaired) electrons. The first-order chi connectivity index (χ1) is 16.2. The second-order valence-corrected chi connectivity index (χ2v) is 8.07. The van der Waals surface area contributed by atoms with Crippen LogP contribution in [0.2, 0.25) is 0 Å². The van der Waals surface area contributed by atoms with Crippen molar-refractivity contribution in [1.82, 2.24) is 40.2 Å². The Morgan fingerprint density at radius 3 is 2.88 bits per heavy atom. The van der Waals surface area contributed by atoms with Crippen LogP contribution in [-0.4, -0.2) is 52.7 Å². The number of rotatable bonds is 4. The number of H-pyrrole nitrogens is 1. The minimum Gasteiger partial charge on any atom is -0.332 e. The molecule has 0 aliphatic carbocycles. The van der Waals surface area contributed by atoms with Crippen molar-refractivity contribution in [2.75, 3.05) is 6.54 Å². The number of hydrogen-bond acceptors (Lipinski definition) is 7. The summed E-state index contributed by atoms with van der Waals surface area (Å²) >= 11 is 0. The molecule has 4 heterocycles. The number of aryl methyl sites for hydroxylation is 1. The summed E-state index contributed by atoms with van der Waals surface area (Å²) in [6, 6.07) is 13.2. The number of likely N-dealkylation sites (tertiary alicyclic amines) is 1. The zero-order valence-corrected chi connectivity index (χ0v) is 17.8. The van der Waals surface area contributed by atoms with Crippen LogP contribution in [0.25, 0.3) is 28.2 Å². The predicted molar refractivity (Wildman–Crippen MR) is 118 cm³/mol. The van der Waals surface area contributed by atoms with Gasteiger partial charge in [-0.2, -0.15) is 25.1 Å². The van der Waals surface area contributed by atoms with Crippen molar-refractivity contribution in [2.45, 2.75) is 25.8 Å². The van der Waals surface area contributed by atoms with Crippen LogP contribution in [-0.2, 0) is 0 Å². The van der Waals surface area contributed by atoms with Gasteiger partial charge in [0.2, 0.25) is 0 Å². The molecule has 1 amide bonds. The number of nitrogens with zero attached hydrogens (tertiary/aromatic N) is 7. The highest BCUT2D eigenvalue weighted by Gasteiger charge is 2.35. The van der Waals surface area contributed by atoms with Gasteiger partial charge in [0.1, 0.15) is 0 Å². The molecular weight excluding hydrogens is 420 g/mol. The molecular formula is C23H20N8O2. The SMILES string of the molecule is Cc1ccc(-n2nccn2)c(C(=O)N2CCC[C@H]2c2noc(-c3n[nH]c4ccccc34)n2)c1. The number of fused-ring (bicyclic) bond motifs is 1. The van der Waals surface area contributed by atoms with Crippen LogP contribution in [0.4, 0.5) is 0 Å². The first kappa shape index (κ1) is 19.4. The van der Waals surface area contributed by atoms with E-state index in [0.29, 0.717) is 35.2 Å². The Balaban J connectivity index is 1.34. The van der Waals surface area contributed by atoms with Crippen molar-refractivity contribution in [3.05, 3.63) is 71.8 Å². The minimum absolute atomic E-state index is 0.106. The van der Waals surface area contributed by atoms with E-state index in [1.807, 2.05) is 49.4 Å². The molecule has 1 aliphatic heterocycles. The Morgan fingerprint density at radius 2 is 2.00 bits per heavy atom.